The van der Waals surface area contributed by atoms with Crippen molar-refractivity contribution in [2.75, 3.05) is 12.8 Å². The van der Waals surface area contributed by atoms with Gasteiger partial charge in [-0.05, 0) is 43.5 Å². The van der Waals surface area contributed by atoms with Gasteiger partial charge in [0.15, 0.2) is 0 Å². The average molecular weight is 337 g/mol. The molecule has 1 N–H and O–H groups in total. The first-order chi connectivity index (χ1) is 10.8. The fourth-order valence-electron chi connectivity index (χ4n) is 1.92. The Kier molecular flexibility index (Phi) is 5.15. The van der Waals surface area contributed by atoms with Crippen molar-refractivity contribution in [2.24, 2.45) is 0 Å². The predicted octanol–water partition coefficient (Wildman–Crippen LogP) is 1.45. The molecule has 0 saturated carbocycles. The molecular formula is C15H19N3O4S. The molecule has 0 atom stereocenters. The van der Waals surface area contributed by atoms with Crippen LogP contribution in [0.3, 0.4) is 0 Å². The lowest BCUT2D eigenvalue weighted by Gasteiger charge is -2.06. The summed E-state index contributed by atoms with van der Waals surface area (Å²) in [6.07, 6.45) is 1.98. The quantitative estimate of drug-likeness (QED) is 0.801. The Morgan fingerprint density at radius 2 is 1.96 bits per heavy atom. The fourth-order valence-corrected chi connectivity index (χ4v) is 2.35. The number of carbonyl (C=O) groups excluding carboxylic acids is 1. The number of sulfone groups is 1. The minimum Gasteiger partial charge on any atom is -0.413 e. The normalized spacial score (nSPS) is 11.4. The molecule has 124 valence electrons. The van der Waals surface area contributed by atoms with Crippen molar-refractivity contribution in [3.63, 3.8) is 0 Å². The van der Waals surface area contributed by atoms with E-state index in [0.29, 0.717) is 24.9 Å². The molecule has 0 aliphatic rings. The summed E-state index contributed by atoms with van der Waals surface area (Å²) in [4.78, 5) is 12.0. The Bertz CT molecular complexity index is 812. The highest BCUT2D eigenvalue weighted by molar-refractivity contribution is 7.90. The lowest BCUT2D eigenvalue weighted by atomic mass is 10.1. The minimum atomic E-state index is -3.48. The molecule has 1 aromatic carbocycles. The van der Waals surface area contributed by atoms with Gasteiger partial charge >= 0.3 is 5.22 Å². The molecule has 0 spiro atoms. The molecule has 23 heavy (non-hydrogen) atoms. The molecule has 7 nitrogen and oxygen atoms in total. The molecule has 0 saturated heterocycles. The van der Waals surface area contributed by atoms with Gasteiger partial charge in [0.2, 0.25) is 15.7 Å². The highest BCUT2D eigenvalue weighted by Crippen LogP contribution is 2.10. The maximum Gasteiger partial charge on any atom is 0.335 e. The van der Waals surface area contributed by atoms with Crippen LogP contribution < -0.4 is 5.32 Å². The van der Waals surface area contributed by atoms with Crippen LogP contribution in [0.5, 0.6) is 0 Å². The Hall–Kier alpha value is -2.22. The smallest absolute Gasteiger partial charge is 0.335 e. The molecule has 0 unspecified atom stereocenters. The predicted molar refractivity (Wildman–Crippen MR) is 84.0 cm³/mol. The second-order valence-electron chi connectivity index (χ2n) is 5.39. The topological polar surface area (TPSA) is 102 Å². The molecule has 1 aromatic heterocycles. The summed E-state index contributed by atoms with van der Waals surface area (Å²) in [7, 11) is -3.48. The minimum absolute atomic E-state index is 0.143. The largest absolute Gasteiger partial charge is 0.413 e. The van der Waals surface area contributed by atoms with Crippen LogP contribution in [-0.2, 0) is 16.3 Å². The molecule has 0 bridgehead atoms. The van der Waals surface area contributed by atoms with Gasteiger partial charge in [0.25, 0.3) is 5.91 Å². The molecule has 1 heterocycles. The maximum atomic E-state index is 12.0. The molecule has 0 aliphatic heterocycles. The summed E-state index contributed by atoms with van der Waals surface area (Å²) in [5, 5.41) is 9.57. The number of aryl methyl sites for hydroxylation is 3. The molecule has 0 fully saturated rings. The Labute approximate surface area is 135 Å². The lowest BCUT2D eigenvalue weighted by molar-refractivity contribution is 0.0953. The van der Waals surface area contributed by atoms with Gasteiger partial charge in [0.05, 0.1) is 0 Å². The third-order valence-electron chi connectivity index (χ3n) is 3.39. The van der Waals surface area contributed by atoms with Gasteiger partial charge < -0.3 is 9.73 Å². The van der Waals surface area contributed by atoms with E-state index in [1.807, 2.05) is 26.0 Å². The summed E-state index contributed by atoms with van der Waals surface area (Å²) in [6.45, 7) is 4.38. The summed E-state index contributed by atoms with van der Waals surface area (Å²) >= 11 is 0. The molecular weight excluding hydrogens is 318 g/mol. The lowest BCUT2D eigenvalue weighted by Crippen LogP contribution is -2.24. The monoisotopic (exact) mass is 337 g/mol. The van der Waals surface area contributed by atoms with Gasteiger partial charge in [-0.1, -0.05) is 11.2 Å². The van der Waals surface area contributed by atoms with E-state index in [-0.39, 0.29) is 17.0 Å². The average Bonchev–Trinajstić information content (AvgIpc) is 2.95. The van der Waals surface area contributed by atoms with E-state index in [9.17, 15) is 13.2 Å². The highest BCUT2D eigenvalue weighted by Gasteiger charge is 2.16. The molecule has 8 heteroatoms. The molecule has 1 amide bonds. The highest BCUT2D eigenvalue weighted by atomic mass is 32.2. The van der Waals surface area contributed by atoms with Crippen LogP contribution in [0.15, 0.2) is 27.8 Å². The van der Waals surface area contributed by atoms with Gasteiger partial charge in [0, 0.05) is 24.8 Å². The standard InChI is InChI=1S/C15H19N3O4S/c1-10-6-7-12(9-11(10)2)14(19)16-8-4-5-13-17-18-15(22-13)23(3,20)21/h6-7,9H,4-5,8H2,1-3H3,(H,16,19). The summed E-state index contributed by atoms with van der Waals surface area (Å²) < 4.78 is 27.5. The van der Waals surface area contributed by atoms with E-state index >= 15 is 0 Å². The number of benzene rings is 1. The summed E-state index contributed by atoms with van der Waals surface area (Å²) in [5.74, 6) is 0.0984. The summed E-state index contributed by atoms with van der Waals surface area (Å²) in [6, 6.07) is 5.55. The van der Waals surface area contributed by atoms with Crippen molar-refractivity contribution in [3.05, 3.63) is 40.8 Å². The second kappa shape index (κ2) is 6.91. The molecule has 2 rings (SSSR count). The van der Waals surface area contributed by atoms with Gasteiger partial charge in [-0.25, -0.2) is 8.42 Å². The Morgan fingerprint density at radius 1 is 1.22 bits per heavy atom. The number of hydrogen-bond acceptors (Lipinski definition) is 6. The van der Waals surface area contributed by atoms with Crippen LogP contribution in [0.2, 0.25) is 0 Å². The number of hydrogen-bond donors (Lipinski definition) is 1. The van der Waals surface area contributed by atoms with Crippen molar-refractivity contribution in [1.82, 2.24) is 15.5 Å². The van der Waals surface area contributed by atoms with Gasteiger partial charge in [-0.15, -0.1) is 5.10 Å². The third-order valence-corrected chi connectivity index (χ3v) is 4.19. The Balaban J connectivity index is 1.82. The van der Waals surface area contributed by atoms with Crippen molar-refractivity contribution in [1.29, 1.82) is 0 Å². The van der Waals surface area contributed by atoms with Gasteiger partial charge in [-0.3, -0.25) is 4.79 Å². The van der Waals surface area contributed by atoms with Crippen molar-refractivity contribution >= 4 is 15.7 Å². The first-order valence-electron chi connectivity index (χ1n) is 7.15. The van der Waals surface area contributed by atoms with Crippen molar-refractivity contribution in [3.8, 4) is 0 Å². The third kappa shape index (κ3) is 4.62. The first kappa shape index (κ1) is 17.1. The fraction of sp³-hybridized carbons (Fsp3) is 0.400. The van der Waals surface area contributed by atoms with Crippen molar-refractivity contribution < 1.29 is 17.6 Å². The van der Waals surface area contributed by atoms with Crippen molar-refractivity contribution in [2.45, 2.75) is 31.9 Å². The van der Waals surface area contributed by atoms with Crippen LogP contribution in [0.4, 0.5) is 0 Å². The van der Waals surface area contributed by atoms with Gasteiger partial charge in [0.1, 0.15) is 0 Å². The number of carbonyl (C=O) groups is 1. The second-order valence-corrected chi connectivity index (χ2v) is 7.29. The Morgan fingerprint density at radius 3 is 2.57 bits per heavy atom. The van der Waals surface area contributed by atoms with E-state index < -0.39 is 9.84 Å². The van der Waals surface area contributed by atoms with Crippen LogP contribution >= 0.6 is 0 Å². The van der Waals surface area contributed by atoms with Gasteiger partial charge in [-0.2, -0.15) is 0 Å². The van der Waals surface area contributed by atoms with Crippen LogP contribution in [0, 0.1) is 13.8 Å². The SMILES string of the molecule is Cc1ccc(C(=O)NCCCc2nnc(S(C)(=O)=O)o2)cc1C. The van der Waals surface area contributed by atoms with Crippen LogP contribution in [0.25, 0.3) is 0 Å². The number of nitrogens with zero attached hydrogens (tertiary/aromatic N) is 2. The van der Waals surface area contributed by atoms with Crippen LogP contribution in [0.1, 0.15) is 33.8 Å². The zero-order chi connectivity index (χ0) is 17.0. The number of rotatable bonds is 6. The number of nitrogens with one attached hydrogen (secondary N) is 1. The van der Waals surface area contributed by atoms with E-state index in [4.69, 9.17) is 4.42 Å². The van der Waals surface area contributed by atoms with E-state index in [1.165, 1.54) is 0 Å². The number of amides is 1. The number of aromatic nitrogens is 2. The first-order valence-corrected chi connectivity index (χ1v) is 9.04. The van der Waals surface area contributed by atoms with E-state index in [1.54, 1.807) is 6.07 Å². The molecule has 0 radical (unpaired) electrons. The zero-order valence-corrected chi connectivity index (χ0v) is 14.1. The molecule has 0 aliphatic carbocycles. The van der Waals surface area contributed by atoms with E-state index in [2.05, 4.69) is 15.5 Å². The van der Waals surface area contributed by atoms with E-state index in [0.717, 1.165) is 17.4 Å². The molecule has 2 aromatic rings. The maximum absolute atomic E-state index is 12.0. The van der Waals surface area contributed by atoms with Crippen LogP contribution in [-0.4, -0.2) is 37.3 Å². The zero-order valence-electron chi connectivity index (χ0n) is 13.3. The summed E-state index contributed by atoms with van der Waals surface area (Å²) in [5.41, 5.74) is 2.82.